The number of amides is 1. The highest BCUT2D eigenvalue weighted by Crippen LogP contribution is 2.28. The van der Waals surface area contributed by atoms with Crippen molar-refractivity contribution in [2.45, 2.75) is 63.5 Å². The lowest BCUT2D eigenvalue weighted by atomic mass is 9.92. The van der Waals surface area contributed by atoms with Gasteiger partial charge in [-0.1, -0.05) is 49.6 Å². The maximum absolute atomic E-state index is 13.5. The SMILES string of the molecule is COCCN(CCCc1ccccc1)CC(=O)N(C1CCCCC1)C1CCS(=O)(=O)C1. The molecular formula is C24H38N2O4S. The van der Waals surface area contributed by atoms with Crippen LogP contribution in [0, 0.1) is 0 Å². The van der Waals surface area contributed by atoms with Gasteiger partial charge in [0, 0.05) is 25.7 Å². The molecule has 0 spiro atoms. The molecule has 174 valence electrons. The highest BCUT2D eigenvalue weighted by molar-refractivity contribution is 7.91. The van der Waals surface area contributed by atoms with Gasteiger partial charge in [0.1, 0.15) is 0 Å². The third-order valence-corrected chi connectivity index (χ3v) is 8.36. The number of ether oxygens (including phenoxy) is 1. The second-order valence-corrected chi connectivity index (χ2v) is 11.2. The molecule has 6 nitrogen and oxygen atoms in total. The summed E-state index contributed by atoms with van der Waals surface area (Å²) in [7, 11) is -1.35. The fourth-order valence-electron chi connectivity index (χ4n) is 4.97. The average molecular weight is 451 g/mol. The minimum Gasteiger partial charge on any atom is -0.383 e. The highest BCUT2D eigenvalue weighted by atomic mass is 32.2. The summed E-state index contributed by atoms with van der Waals surface area (Å²) in [5.74, 6) is 0.421. The van der Waals surface area contributed by atoms with E-state index in [1.165, 1.54) is 12.0 Å². The van der Waals surface area contributed by atoms with E-state index in [9.17, 15) is 13.2 Å². The van der Waals surface area contributed by atoms with Crippen molar-refractivity contribution < 1.29 is 17.9 Å². The van der Waals surface area contributed by atoms with E-state index in [-0.39, 0.29) is 29.5 Å². The van der Waals surface area contributed by atoms with E-state index < -0.39 is 9.84 Å². The molecule has 1 unspecified atom stereocenters. The van der Waals surface area contributed by atoms with E-state index in [4.69, 9.17) is 4.74 Å². The molecule has 2 fully saturated rings. The molecule has 1 aliphatic heterocycles. The average Bonchev–Trinajstić information content (AvgIpc) is 3.12. The number of hydrogen-bond acceptors (Lipinski definition) is 5. The lowest BCUT2D eigenvalue weighted by Crippen LogP contribution is -2.52. The Balaban J connectivity index is 1.63. The summed E-state index contributed by atoms with van der Waals surface area (Å²) in [4.78, 5) is 17.6. The molecule has 2 aliphatic rings. The van der Waals surface area contributed by atoms with Crippen LogP contribution in [0.15, 0.2) is 30.3 Å². The second kappa shape index (κ2) is 12.0. The number of carbonyl (C=O) groups is 1. The molecule has 31 heavy (non-hydrogen) atoms. The molecule has 1 aliphatic carbocycles. The summed E-state index contributed by atoms with van der Waals surface area (Å²) < 4.78 is 29.5. The summed E-state index contributed by atoms with van der Waals surface area (Å²) in [6.45, 7) is 2.45. The van der Waals surface area contributed by atoms with Crippen LogP contribution < -0.4 is 0 Å². The first-order valence-corrected chi connectivity index (χ1v) is 13.6. The number of carbonyl (C=O) groups excluding carboxylic acids is 1. The maximum Gasteiger partial charge on any atom is 0.237 e. The number of methoxy groups -OCH3 is 1. The van der Waals surface area contributed by atoms with Crippen molar-refractivity contribution >= 4 is 15.7 Å². The zero-order valence-corrected chi connectivity index (χ0v) is 19.7. The van der Waals surface area contributed by atoms with Gasteiger partial charge in [0.15, 0.2) is 9.84 Å². The summed E-state index contributed by atoms with van der Waals surface area (Å²) in [6.07, 6.45) is 7.98. The van der Waals surface area contributed by atoms with Crippen LogP contribution in [0.3, 0.4) is 0 Å². The molecule has 0 radical (unpaired) electrons. The minimum absolute atomic E-state index is 0.0878. The Labute approximate surface area is 187 Å². The Morgan fingerprint density at radius 1 is 1.03 bits per heavy atom. The predicted octanol–water partition coefficient (Wildman–Crippen LogP) is 2.92. The van der Waals surface area contributed by atoms with Crippen molar-refractivity contribution in [2.75, 3.05) is 44.9 Å². The molecule has 0 bridgehead atoms. The van der Waals surface area contributed by atoms with Crippen LogP contribution in [0.5, 0.6) is 0 Å². The van der Waals surface area contributed by atoms with Gasteiger partial charge in [-0.2, -0.15) is 0 Å². The van der Waals surface area contributed by atoms with Gasteiger partial charge in [-0.05, 0) is 44.2 Å². The molecule has 0 N–H and O–H groups in total. The number of benzene rings is 1. The Kier molecular flexibility index (Phi) is 9.35. The van der Waals surface area contributed by atoms with Crippen molar-refractivity contribution in [1.82, 2.24) is 9.80 Å². The first-order chi connectivity index (χ1) is 15.0. The van der Waals surface area contributed by atoms with Gasteiger partial charge in [-0.3, -0.25) is 9.69 Å². The minimum atomic E-state index is -3.03. The van der Waals surface area contributed by atoms with Gasteiger partial charge < -0.3 is 9.64 Å². The van der Waals surface area contributed by atoms with Crippen LogP contribution in [0.4, 0.5) is 0 Å². The Bertz CT molecular complexity index is 778. The monoisotopic (exact) mass is 450 g/mol. The second-order valence-electron chi connectivity index (χ2n) is 9.01. The highest BCUT2D eigenvalue weighted by Gasteiger charge is 2.38. The molecule has 7 heteroatoms. The van der Waals surface area contributed by atoms with Gasteiger partial charge in [0.05, 0.1) is 24.7 Å². The summed E-state index contributed by atoms with van der Waals surface area (Å²) >= 11 is 0. The van der Waals surface area contributed by atoms with Crippen LogP contribution in [0.2, 0.25) is 0 Å². The van der Waals surface area contributed by atoms with E-state index in [0.29, 0.717) is 26.1 Å². The zero-order chi connectivity index (χ0) is 22.1. The lowest BCUT2D eigenvalue weighted by Gasteiger charge is -2.39. The topological polar surface area (TPSA) is 66.9 Å². The third-order valence-electron chi connectivity index (χ3n) is 6.61. The van der Waals surface area contributed by atoms with E-state index >= 15 is 0 Å². The largest absolute Gasteiger partial charge is 0.383 e. The van der Waals surface area contributed by atoms with Gasteiger partial charge in [-0.15, -0.1) is 0 Å². The van der Waals surface area contributed by atoms with Crippen molar-refractivity contribution in [2.24, 2.45) is 0 Å². The van der Waals surface area contributed by atoms with Gasteiger partial charge in [0.2, 0.25) is 5.91 Å². The Morgan fingerprint density at radius 3 is 2.42 bits per heavy atom. The van der Waals surface area contributed by atoms with Crippen LogP contribution in [0.1, 0.15) is 50.5 Å². The van der Waals surface area contributed by atoms with Crippen LogP contribution >= 0.6 is 0 Å². The van der Waals surface area contributed by atoms with E-state index in [0.717, 1.165) is 45.1 Å². The normalized spacial score (nSPS) is 21.4. The standard InChI is InChI=1S/C24H38N2O4S/c1-30-17-16-25(15-8-11-21-9-4-2-5-10-21)19-24(27)26(22-12-6-3-7-13-22)23-14-18-31(28,29)20-23/h2,4-5,9-10,22-23H,3,6-8,11-20H2,1H3. The molecule has 1 aromatic rings. The van der Waals surface area contributed by atoms with Crippen molar-refractivity contribution in [3.8, 4) is 0 Å². The number of hydrogen-bond donors (Lipinski definition) is 0. The number of nitrogens with zero attached hydrogens (tertiary/aromatic N) is 2. The van der Waals surface area contributed by atoms with E-state index in [1.807, 2.05) is 11.0 Å². The Morgan fingerprint density at radius 2 is 1.77 bits per heavy atom. The van der Waals surface area contributed by atoms with E-state index in [1.54, 1.807) is 7.11 Å². The first-order valence-electron chi connectivity index (χ1n) is 11.8. The molecule has 1 saturated heterocycles. The molecule has 1 heterocycles. The van der Waals surface area contributed by atoms with E-state index in [2.05, 4.69) is 29.2 Å². The van der Waals surface area contributed by atoms with Crippen LogP contribution in [0.25, 0.3) is 0 Å². The van der Waals surface area contributed by atoms with Crippen molar-refractivity contribution in [3.63, 3.8) is 0 Å². The fourth-order valence-corrected chi connectivity index (χ4v) is 6.69. The van der Waals surface area contributed by atoms with Gasteiger partial charge in [-0.25, -0.2) is 8.42 Å². The molecule has 3 rings (SSSR count). The molecular weight excluding hydrogens is 412 g/mol. The lowest BCUT2D eigenvalue weighted by molar-refractivity contribution is -0.138. The van der Waals surface area contributed by atoms with Crippen LogP contribution in [-0.2, 0) is 25.8 Å². The maximum atomic E-state index is 13.5. The van der Waals surface area contributed by atoms with Crippen LogP contribution in [-0.4, -0.2) is 81.1 Å². The van der Waals surface area contributed by atoms with Gasteiger partial charge >= 0.3 is 0 Å². The third kappa shape index (κ3) is 7.58. The molecule has 1 aromatic carbocycles. The molecule has 1 saturated carbocycles. The first kappa shape index (κ1) is 24.2. The van der Waals surface area contributed by atoms with Crippen molar-refractivity contribution in [3.05, 3.63) is 35.9 Å². The zero-order valence-electron chi connectivity index (χ0n) is 18.9. The molecule has 1 atom stereocenters. The fraction of sp³-hybridized carbons (Fsp3) is 0.708. The smallest absolute Gasteiger partial charge is 0.237 e. The molecule has 1 amide bonds. The van der Waals surface area contributed by atoms with Crippen molar-refractivity contribution in [1.29, 1.82) is 0 Å². The number of aryl methyl sites for hydroxylation is 1. The number of sulfone groups is 1. The number of rotatable bonds is 11. The molecule has 0 aromatic heterocycles. The predicted molar refractivity (Wildman–Crippen MR) is 124 cm³/mol. The Hall–Kier alpha value is -1.44. The summed E-state index contributed by atoms with van der Waals surface area (Å²) in [5.41, 5.74) is 1.31. The summed E-state index contributed by atoms with van der Waals surface area (Å²) in [6, 6.07) is 10.4. The van der Waals surface area contributed by atoms with Gasteiger partial charge in [0.25, 0.3) is 0 Å². The summed E-state index contributed by atoms with van der Waals surface area (Å²) in [5, 5.41) is 0. The quantitative estimate of drug-likeness (QED) is 0.519.